The SMILES string of the molecule is C=C/C=C\C.Cc1ccccc1-c1ccc2cc3c(cc2c1C)c1cc(-c2cccc(N(c4ccc5ccccc5c4)c4ccc5c6ccccc6n(-c6ccccc6)c5c4)c2)ccc1n3-c1ccccc1. The Morgan fingerprint density at radius 3 is 1.72 bits per heavy atom. The van der Waals surface area contributed by atoms with Gasteiger partial charge in [-0.25, -0.2) is 0 Å². The normalized spacial score (nSPS) is 11.5. The first-order valence-electron chi connectivity index (χ1n) is 24.8. The number of fused-ring (bicyclic) bond motifs is 8. The second-order valence-electron chi connectivity index (χ2n) is 18.6. The summed E-state index contributed by atoms with van der Waals surface area (Å²) in [6, 6.07) is 86.9. The third-order valence-corrected chi connectivity index (χ3v) is 14.3. The van der Waals surface area contributed by atoms with Crippen molar-refractivity contribution in [2.24, 2.45) is 0 Å². The van der Waals surface area contributed by atoms with Crippen LogP contribution < -0.4 is 4.90 Å². The van der Waals surface area contributed by atoms with Crippen molar-refractivity contribution in [2.45, 2.75) is 20.8 Å². The number of aryl methyl sites for hydroxylation is 2. The van der Waals surface area contributed by atoms with Gasteiger partial charge in [-0.1, -0.05) is 170 Å². The maximum Gasteiger partial charge on any atom is 0.0561 e. The largest absolute Gasteiger partial charge is 0.310 e. The molecule has 3 nitrogen and oxygen atoms in total. The van der Waals surface area contributed by atoms with Crippen LogP contribution in [-0.4, -0.2) is 9.13 Å². The van der Waals surface area contributed by atoms with E-state index in [1.165, 1.54) is 93.0 Å². The zero-order valence-electron chi connectivity index (χ0n) is 40.8. The summed E-state index contributed by atoms with van der Waals surface area (Å²) in [6.07, 6.45) is 5.58. The fourth-order valence-corrected chi connectivity index (χ4v) is 10.9. The van der Waals surface area contributed by atoms with Gasteiger partial charge in [0.15, 0.2) is 0 Å². The molecule has 0 bridgehead atoms. The molecule has 0 saturated heterocycles. The molecule has 0 N–H and O–H groups in total. The second-order valence-corrected chi connectivity index (χ2v) is 18.6. The van der Waals surface area contributed by atoms with Gasteiger partial charge < -0.3 is 14.0 Å². The van der Waals surface area contributed by atoms with Crippen LogP contribution in [0.15, 0.2) is 261 Å². The van der Waals surface area contributed by atoms with Crippen LogP contribution in [0.25, 0.3) is 98.8 Å². The van der Waals surface area contributed by atoms with Gasteiger partial charge in [0, 0.05) is 50.0 Å². The van der Waals surface area contributed by atoms with E-state index in [2.05, 4.69) is 271 Å². The first-order chi connectivity index (χ1) is 35.5. The lowest BCUT2D eigenvalue weighted by Crippen LogP contribution is -2.10. The highest BCUT2D eigenvalue weighted by Crippen LogP contribution is 2.43. The quantitative estimate of drug-likeness (QED) is 0.138. The van der Waals surface area contributed by atoms with Gasteiger partial charge in [0.2, 0.25) is 0 Å². The van der Waals surface area contributed by atoms with Crippen molar-refractivity contribution in [3.05, 3.63) is 273 Å². The number of hydrogen-bond acceptors (Lipinski definition) is 1. The van der Waals surface area contributed by atoms with Crippen LogP contribution in [-0.2, 0) is 0 Å². The summed E-state index contributed by atoms with van der Waals surface area (Å²) in [5, 5.41) is 9.89. The molecule has 0 aliphatic rings. The van der Waals surface area contributed by atoms with Crippen LogP contribution in [0, 0.1) is 13.8 Å². The molecule has 0 amide bonds. The lowest BCUT2D eigenvalue weighted by Gasteiger charge is -2.27. The Morgan fingerprint density at radius 2 is 0.972 bits per heavy atom. The molecule has 13 aromatic rings. The van der Waals surface area contributed by atoms with Crippen LogP contribution in [0.4, 0.5) is 17.1 Å². The zero-order chi connectivity index (χ0) is 48.7. The first-order valence-corrected chi connectivity index (χ1v) is 24.8. The average molecular weight is 924 g/mol. The highest BCUT2D eigenvalue weighted by Gasteiger charge is 2.20. The van der Waals surface area contributed by atoms with Gasteiger partial charge in [-0.15, -0.1) is 0 Å². The highest BCUT2D eigenvalue weighted by molar-refractivity contribution is 6.16. The van der Waals surface area contributed by atoms with E-state index in [4.69, 9.17) is 0 Å². The molecule has 2 aromatic heterocycles. The maximum atomic E-state index is 3.46. The fraction of sp³-hybridized carbons (Fsp3) is 0.0435. The second kappa shape index (κ2) is 18.6. The molecule has 0 fully saturated rings. The fourth-order valence-electron chi connectivity index (χ4n) is 10.9. The van der Waals surface area contributed by atoms with Crippen molar-refractivity contribution in [1.29, 1.82) is 0 Å². The molecule has 0 radical (unpaired) electrons. The molecule has 0 aliphatic heterocycles. The molecule has 72 heavy (non-hydrogen) atoms. The van der Waals surface area contributed by atoms with E-state index in [0.717, 1.165) is 34.0 Å². The van der Waals surface area contributed by atoms with E-state index < -0.39 is 0 Å². The van der Waals surface area contributed by atoms with E-state index in [9.17, 15) is 0 Å². The Kier molecular flexibility index (Phi) is 11.4. The lowest BCUT2D eigenvalue weighted by molar-refractivity contribution is 1.18. The van der Waals surface area contributed by atoms with Crippen LogP contribution >= 0.6 is 0 Å². The molecule has 344 valence electrons. The Bertz CT molecular complexity index is 4210. The minimum Gasteiger partial charge on any atom is -0.310 e. The zero-order valence-corrected chi connectivity index (χ0v) is 40.8. The topological polar surface area (TPSA) is 13.1 Å². The van der Waals surface area contributed by atoms with Crippen LogP contribution in [0.1, 0.15) is 18.1 Å². The summed E-state index contributed by atoms with van der Waals surface area (Å²) < 4.78 is 4.83. The number of nitrogens with zero attached hydrogens (tertiary/aromatic N) is 3. The summed E-state index contributed by atoms with van der Waals surface area (Å²) in [4.78, 5) is 2.42. The Balaban J connectivity index is 0.00000101. The monoisotopic (exact) mass is 923 g/mol. The van der Waals surface area contributed by atoms with E-state index in [-0.39, 0.29) is 0 Å². The van der Waals surface area contributed by atoms with E-state index in [1.807, 2.05) is 19.1 Å². The van der Waals surface area contributed by atoms with Gasteiger partial charge in [0.25, 0.3) is 0 Å². The third kappa shape index (κ3) is 7.73. The number of benzene rings is 11. The molecule has 13 rings (SSSR count). The van der Waals surface area contributed by atoms with Crippen LogP contribution in [0.3, 0.4) is 0 Å². The van der Waals surface area contributed by atoms with Gasteiger partial charge >= 0.3 is 0 Å². The van der Waals surface area contributed by atoms with Gasteiger partial charge in [-0.2, -0.15) is 0 Å². The Hall–Kier alpha value is -9.18. The first kappa shape index (κ1) is 44.1. The molecule has 0 spiro atoms. The van der Waals surface area contributed by atoms with Crippen molar-refractivity contribution in [1.82, 2.24) is 9.13 Å². The average Bonchev–Trinajstić information content (AvgIpc) is 3.93. The number of rotatable bonds is 8. The standard InChI is InChI=1S/C64H45N3.C5H8/c1-42-16-9-12-25-54(42)55-33-29-48-39-63-60(41-58(48)43(55)2)59-38-47(30-35-62(59)67(63)50-22-7-4-8-23-50)46-19-15-24-51(37-46)65(52-31-28-44-17-10-11-18-45(44)36-52)53-32-34-57-56-26-13-14-27-61(56)66(64(57)40-53)49-20-5-3-6-21-49;1-3-5-4-2/h3-41H,1-2H3;3-5H,1H2,2H3/b;5-4-. The Labute approximate surface area is 421 Å². The van der Waals surface area contributed by atoms with Crippen molar-refractivity contribution in [3.63, 3.8) is 0 Å². The summed E-state index contributed by atoms with van der Waals surface area (Å²) in [5.74, 6) is 0. The minimum atomic E-state index is 1.09. The van der Waals surface area contributed by atoms with E-state index in [1.54, 1.807) is 6.08 Å². The molecule has 3 heteroatoms. The van der Waals surface area contributed by atoms with Crippen molar-refractivity contribution in [3.8, 4) is 33.6 Å². The van der Waals surface area contributed by atoms with Crippen molar-refractivity contribution < 1.29 is 0 Å². The molecule has 0 unspecified atom stereocenters. The number of anilines is 3. The van der Waals surface area contributed by atoms with Gasteiger partial charge in [0.05, 0.1) is 22.1 Å². The number of allylic oxidation sites excluding steroid dienone is 3. The van der Waals surface area contributed by atoms with Gasteiger partial charge in [0.1, 0.15) is 0 Å². The summed E-state index contributed by atoms with van der Waals surface area (Å²) in [6.45, 7) is 9.91. The van der Waals surface area contributed by atoms with Crippen molar-refractivity contribution >= 4 is 82.2 Å². The van der Waals surface area contributed by atoms with Crippen LogP contribution in [0.2, 0.25) is 0 Å². The van der Waals surface area contributed by atoms with E-state index in [0.29, 0.717) is 0 Å². The molecule has 0 aliphatic carbocycles. The Morgan fingerprint density at radius 1 is 0.375 bits per heavy atom. The highest BCUT2D eigenvalue weighted by atomic mass is 15.1. The minimum absolute atomic E-state index is 1.09. The maximum absolute atomic E-state index is 3.46. The lowest BCUT2D eigenvalue weighted by atomic mass is 9.92. The summed E-state index contributed by atoms with van der Waals surface area (Å²) in [5.41, 5.74) is 17.8. The number of hydrogen-bond donors (Lipinski definition) is 0. The molecule has 2 heterocycles. The molecular weight excluding hydrogens is 871 g/mol. The predicted octanol–water partition coefficient (Wildman–Crippen LogP) is 19.4. The smallest absolute Gasteiger partial charge is 0.0561 e. The van der Waals surface area contributed by atoms with Gasteiger partial charge in [-0.05, 0) is 167 Å². The number of para-hydroxylation sites is 3. The van der Waals surface area contributed by atoms with Gasteiger partial charge in [-0.3, -0.25) is 0 Å². The molecule has 11 aromatic carbocycles. The number of aromatic nitrogens is 2. The summed E-state index contributed by atoms with van der Waals surface area (Å²) in [7, 11) is 0. The molecule has 0 atom stereocenters. The molecular formula is C69H53N3. The van der Waals surface area contributed by atoms with Crippen molar-refractivity contribution in [2.75, 3.05) is 4.90 Å². The summed E-state index contributed by atoms with van der Waals surface area (Å²) >= 11 is 0. The third-order valence-electron chi connectivity index (χ3n) is 14.3. The molecule has 0 saturated carbocycles. The van der Waals surface area contributed by atoms with E-state index >= 15 is 0 Å². The van der Waals surface area contributed by atoms with Crippen LogP contribution in [0.5, 0.6) is 0 Å². The predicted molar refractivity (Wildman–Crippen MR) is 310 cm³/mol.